The number of carbonyl (C=O) groups excluding carboxylic acids is 1. The Bertz CT molecular complexity index is 636. The minimum absolute atomic E-state index is 0.272. The molecule has 5 nitrogen and oxygen atoms in total. The van der Waals surface area contributed by atoms with Gasteiger partial charge in [-0.3, -0.25) is 9.48 Å². The predicted octanol–water partition coefficient (Wildman–Crippen LogP) is 2.23. The standard InChI is InChI=1S/C14H14F3N3O2/c1-22-11-4-2-10(3-5-11)8-18-13(21)9-20-7-6-12(19-20)14(15,16)17/h2-7H,8-9H2,1H3,(H,18,21). The quantitative estimate of drug-likeness (QED) is 0.921. The summed E-state index contributed by atoms with van der Waals surface area (Å²) in [5.74, 6) is 0.277. The van der Waals surface area contributed by atoms with Gasteiger partial charge in [-0.05, 0) is 23.8 Å². The molecule has 0 aliphatic rings. The SMILES string of the molecule is COc1ccc(CNC(=O)Cn2ccc(C(F)(F)F)n2)cc1. The van der Waals surface area contributed by atoms with Crippen LogP contribution in [0.1, 0.15) is 11.3 Å². The molecular formula is C14H14F3N3O2. The van der Waals surface area contributed by atoms with Crippen molar-refractivity contribution in [3.63, 3.8) is 0 Å². The molecule has 22 heavy (non-hydrogen) atoms. The second kappa shape index (κ2) is 6.50. The lowest BCUT2D eigenvalue weighted by atomic mass is 10.2. The van der Waals surface area contributed by atoms with Crippen LogP contribution in [0.3, 0.4) is 0 Å². The van der Waals surface area contributed by atoms with E-state index in [2.05, 4.69) is 10.4 Å². The molecule has 0 radical (unpaired) electrons. The summed E-state index contributed by atoms with van der Waals surface area (Å²) in [6.45, 7) is 0.00244. The first kappa shape index (κ1) is 15.9. The van der Waals surface area contributed by atoms with Crippen LogP contribution in [-0.4, -0.2) is 22.8 Å². The molecule has 1 aromatic heterocycles. The van der Waals surface area contributed by atoms with Crippen LogP contribution in [-0.2, 0) is 24.1 Å². The third-order valence-corrected chi connectivity index (χ3v) is 2.89. The van der Waals surface area contributed by atoms with Crippen molar-refractivity contribution in [2.45, 2.75) is 19.3 Å². The molecule has 0 saturated carbocycles. The summed E-state index contributed by atoms with van der Waals surface area (Å²) in [7, 11) is 1.55. The second-order valence-corrected chi connectivity index (χ2v) is 4.52. The molecule has 118 valence electrons. The summed E-state index contributed by atoms with van der Waals surface area (Å²) in [6, 6.07) is 7.91. The monoisotopic (exact) mass is 313 g/mol. The number of amides is 1. The predicted molar refractivity (Wildman–Crippen MR) is 72.1 cm³/mol. The van der Waals surface area contributed by atoms with Crippen molar-refractivity contribution in [2.24, 2.45) is 0 Å². The van der Waals surface area contributed by atoms with E-state index in [-0.39, 0.29) is 13.1 Å². The molecule has 2 aromatic rings. The number of hydrogen-bond acceptors (Lipinski definition) is 3. The molecular weight excluding hydrogens is 299 g/mol. The second-order valence-electron chi connectivity index (χ2n) is 4.52. The van der Waals surface area contributed by atoms with E-state index in [1.807, 2.05) is 0 Å². The largest absolute Gasteiger partial charge is 0.497 e. The van der Waals surface area contributed by atoms with Crippen molar-refractivity contribution in [2.75, 3.05) is 7.11 Å². The van der Waals surface area contributed by atoms with Gasteiger partial charge in [-0.15, -0.1) is 0 Å². The zero-order valence-electron chi connectivity index (χ0n) is 11.7. The molecule has 0 aliphatic heterocycles. The molecule has 0 spiro atoms. The molecule has 0 atom stereocenters. The number of alkyl halides is 3. The molecule has 1 N–H and O–H groups in total. The van der Waals surface area contributed by atoms with Crippen LogP contribution in [0, 0.1) is 0 Å². The highest BCUT2D eigenvalue weighted by atomic mass is 19.4. The average Bonchev–Trinajstić information content (AvgIpc) is 2.94. The maximum Gasteiger partial charge on any atom is 0.435 e. The van der Waals surface area contributed by atoms with Crippen LogP contribution < -0.4 is 10.1 Å². The normalized spacial score (nSPS) is 11.3. The van der Waals surface area contributed by atoms with Crippen LogP contribution in [0.4, 0.5) is 13.2 Å². The van der Waals surface area contributed by atoms with Crippen LogP contribution in [0.25, 0.3) is 0 Å². The van der Waals surface area contributed by atoms with Crippen molar-refractivity contribution in [3.05, 3.63) is 47.8 Å². The van der Waals surface area contributed by atoms with Gasteiger partial charge in [0.1, 0.15) is 12.3 Å². The minimum atomic E-state index is -4.51. The van der Waals surface area contributed by atoms with Gasteiger partial charge in [-0.2, -0.15) is 18.3 Å². The molecule has 8 heteroatoms. The number of nitrogens with one attached hydrogen (secondary N) is 1. The van der Waals surface area contributed by atoms with Crippen molar-refractivity contribution in [1.82, 2.24) is 15.1 Å². The van der Waals surface area contributed by atoms with Crippen molar-refractivity contribution in [3.8, 4) is 5.75 Å². The molecule has 0 saturated heterocycles. The smallest absolute Gasteiger partial charge is 0.435 e. The number of carbonyl (C=O) groups is 1. The molecule has 1 amide bonds. The number of nitrogens with zero attached hydrogens (tertiary/aromatic N) is 2. The van der Waals surface area contributed by atoms with E-state index in [1.165, 1.54) is 0 Å². The van der Waals surface area contributed by atoms with Crippen LogP contribution in [0.15, 0.2) is 36.5 Å². The van der Waals surface area contributed by atoms with E-state index < -0.39 is 17.8 Å². The number of aromatic nitrogens is 2. The Balaban J connectivity index is 1.86. The number of ether oxygens (including phenoxy) is 1. The Kier molecular flexibility index (Phi) is 4.69. The van der Waals surface area contributed by atoms with Crippen molar-refractivity contribution < 1.29 is 22.7 Å². The van der Waals surface area contributed by atoms with Gasteiger partial charge in [0, 0.05) is 12.7 Å². The summed E-state index contributed by atoms with van der Waals surface area (Å²) in [5.41, 5.74) is -0.166. The Morgan fingerprint density at radius 1 is 1.27 bits per heavy atom. The Morgan fingerprint density at radius 3 is 2.50 bits per heavy atom. The number of benzene rings is 1. The van der Waals surface area contributed by atoms with Gasteiger partial charge in [0.05, 0.1) is 7.11 Å². The third-order valence-electron chi connectivity index (χ3n) is 2.89. The number of halogens is 3. The highest BCUT2D eigenvalue weighted by Crippen LogP contribution is 2.27. The Hall–Kier alpha value is -2.51. The highest BCUT2D eigenvalue weighted by molar-refractivity contribution is 5.75. The van der Waals surface area contributed by atoms with Gasteiger partial charge in [0.25, 0.3) is 0 Å². The van der Waals surface area contributed by atoms with Gasteiger partial charge < -0.3 is 10.1 Å². The fourth-order valence-electron chi connectivity index (χ4n) is 1.75. The van der Waals surface area contributed by atoms with E-state index in [0.29, 0.717) is 5.75 Å². The molecule has 0 fully saturated rings. The van der Waals surface area contributed by atoms with Gasteiger partial charge in [-0.25, -0.2) is 0 Å². The lowest BCUT2D eigenvalue weighted by Crippen LogP contribution is -2.27. The van der Waals surface area contributed by atoms with E-state index in [0.717, 1.165) is 22.5 Å². The zero-order chi connectivity index (χ0) is 16.2. The molecule has 1 aromatic carbocycles. The molecule has 0 unspecified atom stereocenters. The molecule has 0 aliphatic carbocycles. The van der Waals surface area contributed by atoms with Crippen LogP contribution >= 0.6 is 0 Å². The summed E-state index contributed by atoms with van der Waals surface area (Å²) in [4.78, 5) is 11.7. The fourth-order valence-corrected chi connectivity index (χ4v) is 1.75. The Labute approximate surface area is 124 Å². The van der Waals surface area contributed by atoms with E-state index >= 15 is 0 Å². The maximum atomic E-state index is 12.4. The third kappa shape index (κ3) is 4.24. The first-order chi connectivity index (χ1) is 10.4. The van der Waals surface area contributed by atoms with E-state index in [1.54, 1.807) is 31.4 Å². The summed E-state index contributed by atoms with van der Waals surface area (Å²) < 4.78 is 43.1. The van der Waals surface area contributed by atoms with Crippen LogP contribution in [0.2, 0.25) is 0 Å². The van der Waals surface area contributed by atoms with Gasteiger partial charge >= 0.3 is 6.18 Å². The maximum absolute atomic E-state index is 12.4. The van der Waals surface area contributed by atoms with Crippen LogP contribution in [0.5, 0.6) is 5.75 Å². The number of hydrogen-bond donors (Lipinski definition) is 1. The first-order valence-corrected chi connectivity index (χ1v) is 6.39. The van der Waals surface area contributed by atoms with Gasteiger partial charge in [0.2, 0.25) is 5.91 Å². The zero-order valence-corrected chi connectivity index (χ0v) is 11.7. The van der Waals surface area contributed by atoms with E-state index in [4.69, 9.17) is 4.74 Å². The lowest BCUT2D eigenvalue weighted by molar-refractivity contribution is -0.141. The fraction of sp³-hybridized carbons (Fsp3) is 0.286. The van der Waals surface area contributed by atoms with Crippen molar-refractivity contribution >= 4 is 5.91 Å². The number of methoxy groups -OCH3 is 1. The molecule has 2 rings (SSSR count). The molecule has 1 heterocycles. The lowest BCUT2D eigenvalue weighted by Gasteiger charge is -2.07. The topological polar surface area (TPSA) is 56.1 Å². The summed E-state index contributed by atoms with van der Waals surface area (Å²) in [5, 5.41) is 5.92. The Morgan fingerprint density at radius 2 is 1.95 bits per heavy atom. The average molecular weight is 313 g/mol. The van der Waals surface area contributed by atoms with Crippen molar-refractivity contribution in [1.29, 1.82) is 0 Å². The minimum Gasteiger partial charge on any atom is -0.497 e. The van der Waals surface area contributed by atoms with Gasteiger partial charge in [-0.1, -0.05) is 12.1 Å². The summed E-state index contributed by atoms with van der Waals surface area (Å²) in [6.07, 6.45) is -3.39. The number of rotatable bonds is 5. The first-order valence-electron chi connectivity index (χ1n) is 6.39. The summed E-state index contributed by atoms with van der Waals surface area (Å²) >= 11 is 0. The van der Waals surface area contributed by atoms with Gasteiger partial charge in [0.15, 0.2) is 5.69 Å². The molecule has 0 bridgehead atoms. The van der Waals surface area contributed by atoms with E-state index in [9.17, 15) is 18.0 Å². The highest BCUT2D eigenvalue weighted by Gasteiger charge is 2.33.